The zero-order chi connectivity index (χ0) is 18.5. The molecule has 0 aliphatic heterocycles. The molecule has 8 heteroatoms. The Morgan fingerprint density at radius 1 is 1.19 bits per heavy atom. The van der Waals surface area contributed by atoms with Gasteiger partial charge in [0.25, 0.3) is 0 Å². The Labute approximate surface area is 155 Å². The van der Waals surface area contributed by atoms with E-state index in [0.717, 1.165) is 5.56 Å². The first kappa shape index (κ1) is 18.4. The molecule has 1 aromatic carbocycles. The van der Waals surface area contributed by atoms with E-state index in [2.05, 4.69) is 15.5 Å². The second-order valence-corrected chi connectivity index (χ2v) is 6.91. The Hall–Kier alpha value is -2.41. The lowest BCUT2D eigenvalue weighted by atomic mass is 9.86. The largest absolute Gasteiger partial charge is 0.481 e. The van der Waals surface area contributed by atoms with Crippen molar-refractivity contribution >= 4 is 23.5 Å². The Bertz CT molecular complexity index is 767. The number of carboxylic acid groups (broad SMARTS) is 1. The fourth-order valence-electron chi connectivity index (χ4n) is 3.08. The van der Waals surface area contributed by atoms with Crippen LogP contribution >= 0.6 is 11.6 Å². The van der Waals surface area contributed by atoms with Gasteiger partial charge < -0.3 is 14.9 Å². The van der Waals surface area contributed by atoms with Crippen molar-refractivity contribution in [2.24, 2.45) is 5.92 Å². The summed E-state index contributed by atoms with van der Waals surface area (Å²) in [6, 6.07) is 7.15. The zero-order valence-electron chi connectivity index (χ0n) is 14.2. The molecule has 2 aromatic rings. The Balaban J connectivity index is 1.45. The van der Waals surface area contributed by atoms with Gasteiger partial charge >= 0.3 is 5.97 Å². The number of halogens is 1. The number of carboxylic acids is 1. The lowest BCUT2D eigenvalue weighted by Crippen LogP contribution is -2.38. The second-order valence-electron chi connectivity index (χ2n) is 6.47. The number of rotatable bonds is 6. The summed E-state index contributed by atoms with van der Waals surface area (Å²) in [6.07, 6.45) is 3.22. The molecule has 138 valence electrons. The first-order valence-electron chi connectivity index (χ1n) is 8.62. The van der Waals surface area contributed by atoms with Crippen molar-refractivity contribution < 1.29 is 19.2 Å². The molecule has 0 unspecified atom stereocenters. The summed E-state index contributed by atoms with van der Waals surface area (Å²) in [5.74, 6) is -0.255. The Morgan fingerprint density at radius 3 is 2.54 bits per heavy atom. The Morgan fingerprint density at radius 2 is 1.88 bits per heavy atom. The molecule has 0 bridgehead atoms. The van der Waals surface area contributed by atoms with E-state index in [1.165, 1.54) is 0 Å². The van der Waals surface area contributed by atoms with Gasteiger partial charge in [-0.15, -0.1) is 0 Å². The Kier molecular flexibility index (Phi) is 5.88. The SMILES string of the molecule is O=C(CCc1nc(-c2ccc(Cl)cc2)no1)NC1CCC(C(=O)O)CC1. The van der Waals surface area contributed by atoms with Gasteiger partial charge in [0.15, 0.2) is 0 Å². The number of aliphatic carboxylic acids is 1. The number of aromatic nitrogens is 2. The van der Waals surface area contributed by atoms with E-state index >= 15 is 0 Å². The molecule has 1 aromatic heterocycles. The van der Waals surface area contributed by atoms with Gasteiger partial charge in [-0.1, -0.05) is 16.8 Å². The van der Waals surface area contributed by atoms with Crippen LogP contribution in [0.5, 0.6) is 0 Å². The maximum Gasteiger partial charge on any atom is 0.306 e. The molecule has 0 saturated heterocycles. The van der Waals surface area contributed by atoms with Crippen LogP contribution in [0.3, 0.4) is 0 Å². The van der Waals surface area contributed by atoms with Gasteiger partial charge in [-0.2, -0.15) is 4.98 Å². The summed E-state index contributed by atoms with van der Waals surface area (Å²) in [5.41, 5.74) is 0.795. The average Bonchev–Trinajstić information content (AvgIpc) is 3.10. The molecule has 1 heterocycles. The molecule has 2 N–H and O–H groups in total. The van der Waals surface area contributed by atoms with Crippen LogP contribution in [0.1, 0.15) is 38.0 Å². The summed E-state index contributed by atoms with van der Waals surface area (Å²) >= 11 is 5.85. The summed E-state index contributed by atoms with van der Waals surface area (Å²) < 4.78 is 5.19. The molecule has 0 radical (unpaired) electrons. The zero-order valence-corrected chi connectivity index (χ0v) is 14.9. The van der Waals surface area contributed by atoms with E-state index in [9.17, 15) is 9.59 Å². The third-order valence-corrected chi connectivity index (χ3v) is 4.83. The average molecular weight is 378 g/mol. The van der Waals surface area contributed by atoms with Crippen LogP contribution in [0.15, 0.2) is 28.8 Å². The fourth-order valence-corrected chi connectivity index (χ4v) is 3.20. The number of benzene rings is 1. The van der Waals surface area contributed by atoms with E-state index < -0.39 is 5.97 Å². The number of nitrogens with zero attached hydrogens (tertiary/aromatic N) is 2. The van der Waals surface area contributed by atoms with Crippen LogP contribution in [-0.2, 0) is 16.0 Å². The fraction of sp³-hybridized carbons (Fsp3) is 0.444. The van der Waals surface area contributed by atoms with Crippen molar-refractivity contribution in [3.05, 3.63) is 35.2 Å². The molecular formula is C18H20ClN3O4. The first-order chi connectivity index (χ1) is 12.5. The smallest absolute Gasteiger partial charge is 0.306 e. The van der Waals surface area contributed by atoms with Gasteiger partial charge in [0.1, 0.15) is 0 Å². The third kappa shape index (κ3) is 4.82. The van der Waals surface area contributed by atoms with Gasteiger partial charge in [-0.25, -0.2) is 0 Å². The topological polar surface area (TPSA) is 105 Å². The van der Waals surface area contributed by atoms with Crippen molar-refractivity contribution in [1.29, 1.82) is 0 Å². The van der Waals surface area contributed by atoms with Crippen LogP contribution in [0.4, 0.5) is 0 Å². The predicted octanol–water partition coefficient (Wildman–Crippen LogP) is 3.08. The first-order valence-corrected chi connectivity index (χ1v) is 9.00. The van der Waals surface area contributed by atoms with Crippen molar-refractivity contribution in [1.82, 2.24) is 15.5 Å². The highest BCUT2D eigenvalue weighted by Gasteiger charge is 2.26. The molecule has 7 nitrogen and oxygen atoms in total. The normalized spacial score (nSPS) is 19.9. The molecule has 0 spiro atoms. The number of hydrogen-bond donors (Lipinski definition) is 2. The highest BCUT2D eigenvalue weighted by Crippen LogP contribution is 2.24. The van der Waals surface area contributed by atoms with Gasteiger partial charge in [0.05, 0.1) is 5.92 Å². The highest BCUT2D eigenvalue weighted by molar-refractivity contribution is 6.30. The standard InChI is InChI=1S/C18H20ClN3O4/c19-13-5-1-11(2-6-13)17-21-16(26-22-17)10-9-15(23)20-14-7-3-12(4-8-14)18(24)25/h1-2,5-6,12,14H,3-4,7-10H2,(H,20,23)(H,24,25). The second kappa shape index (κ2) is 8.31. The maximum absolute atomic E-state index is 12.1. The van der Waals surface area contributed by atoms with Crippen molar-refractivity contribution in [3.63, 3.8) is 0 Å². The highest BCUT2D eigenvalue weighted by atomic mass is 35.5. The minimum atomic E-state index is -0.748. The number of hydrogen-bond acceptors (Lipinski definition) is 5. The van der Waals surface area contributed by atoms with E-state index in [-0.39, 0.29) is 24.3 Å². The van der Waals surface area contributed by atoms with Gasteiger partial charge in [-0.3, -0.25) is 9.59 Å². The lowest BCUT2D eigenvalue weighted by Gasteiger charge is -2.26. The summed E-state index contributed by atoms with van der Waals surface area (Å²) in [5, 5.41) is 16.5. The number of aryl methyl sites for hydroxylation is 1. The molecule has 1 saturated carbocycles. The summed E-state index contributed by atoms with van der Waals surface area (Å²) in [7, 11) is 0. The predicted molar refractivity (Wildman–Crippen MR) is 94.6 cm³/mol. The molecule has 0 atom stereocenters. The van der Waals surface area contributed by atoms with Crippen molar-refractivity contribution in [3.8, 4) is 11.4 Å². The molecule has 1 aliphatic carbocycles. The summed E-state index contributed by atoms with van der Waals surface area (Å²) in [4.78, 5) is 27.3. The number of carbonyl (C=O) groups excluding carboxylic acids is 1. The number of carbonyl (C=O) groups is 2. The van der Waals surface area contributed by atoms with Crippen molar-refractivity contribution in [2.45, 2.75) is 44.6 Å². The minimum absolute atomic E-state index is 0.0467. The number of nitrogens with one attached hydrogen (secondary N) is 1. The molecule has 3 rings (SSSR count). The lowest BCUT2D eigenvalue weighted by molar-refractivity contribution is -0.142. The van der Waals surface area contributed by atoms with Crippen LogP contribution in [0.2, 0.25) is 5.02 Å². The van der Waals surface area contributed by atoms with Crippen LogP contribution in [0, 0.1) is 5.92 Å². The molecule has 1 aliphatic rings. The van der Waals surface area contributed by atoms with E-state index in [0.29, 0.717) is 48.8 Å². The third-order valence-electron chi connectivity index (χ3n) is 4.58. The van der Waals surface area contributed by atoms with E-state index in [1.54, 1.807) is 24.3 Å². The molecule has 1 amide bonds. The number of amides is 1. The molecule has 26 heavy (non-hydrogen) atoms. The van der Waals surface area contributed by atoms with E-state index in [4.69, 9.17) is 21.2 Å². The van der Waals surface area contributed by atoms with Crippen LogP contribution in [0.25, 0.3) is 11.4 Å². The van der Waals surface area contributed by atoms with Crippen molar-refractivity contribution in [2.75, 3.05) is 0 Å². The van der Waals surface area contributed by atoms with E-state index in [1.807, 2.05) is 0 Å². The van der Waals surface area contributed by atoms with Gasteiger partial charge in [0, 0.05) is 29.5 Å². The molecule has 1 fully saturated rings. The van der Waals surface area contributed by atoms with Crippen LogP contribution in [-0.4, -0.2) is 33.2 Å². The molecular weight excluding hydrogens is 358 g/mol. The van der Waals surface area contributed by atoms with Gasteiger partial charge in [-0.05, 0) is 49.9 Å². The van der Waals surface area contributed by atoms with Crippen LogP contribution < -0.4 is 5.32 Å². The monoisotopic (exact) mass is 377 g/mol. The minimum Gasteiger partial charge on any atom is -0.481 e. The summed E-state index contributed by atoms with van der Waals surface area (Å²) in [6.45, 7) is 0. The van der Waals surface area contributed by atoms with Gasteiger partial charge in [0.2, 0.25) is 17.6 Å². The maximum atomic E-state index is 12.1. The quantitative estimate of drug-likeness (QED) is 0.801.